The summed E-state index contributed by atoms with van der Waals surface area (Å²) in [5, 5.41) is 0. The molecule has 0 unspecified atom stereocenters. The summed E-state index contributed by atoms with van der Waals surface area (Å²) in [6.07, 6.45) is 5.36. The van der Waals surface area contributed by atoms with E-state index < -0.39 is 0 Å². The van der Waals surface area contributed by atoms with Crippen LogP contribution >= 0.6 is 0 Å². The normalized spacial score (nSPS) is 14.8. The van der Waals surface area contributed by atoms with E-state index in [1.165, 1.54) is 18.9 Å². The van der Waals surface area contributed by atoms with Crippen LogP contribution in [-0.4, -0.2) is 9.55 Å². The van der Waals surface area contributed by atoms with Crippen LogP contribution in [0, 0.1) is 5.82 Å². The number of halogens is 1. The molecule has 0 spiro atoms. The second-order valence-electron chi connectivity index (χ2n) is 4.17. The third-order valence-corrected chi connectivity index (χ3v) is 3.06. The molecule has 2 nitrogen and oxygen atoms in total. The molecule has 3 heteroatoms. The van der Waals surface area contributed by atoms with Gasteiger partial charge < -0.3 is 4.57 Å². The Labute approximate surface area is 93.7 Å². The Morgan fingerprint density at radius 2 is 2.06 bits per heavy atom. The van der Waals surface area contributed by atoms with E-state index in [0.29, 0.717) is 5.56 Å². The van der Waals surface area contributed by atoms with E-state index >= 15 is 0 Å². The minimum Gasteiger partial charge on any atom is -0.334 e. The van der Waals surface area contributed by atoms with Gasteiger partial charge in [0.15, 0.2) is 0 Å². The summed E-state index contributed by atoms with van der Waals surface area (Å²) in [6.45, 7) is 1.01. The van der Waals surface area contributed by atoms with Gasteiger partial charge in [-0.3, -0.25) is 0 Å². The van der Waals surface area contributed by atoms with Crippen LogP contribution in [0.15, 0.2) is 30.5 Å². The van der Waals surface area contributed by atoms with Crippen molar-refractivity contribution in [1.82, 2.24) is 9.55 Å². The van der Waals surface area contributed by atoms with Crippen molar-refractivity contribution in [2.24, 2.45) is 0 Å². The van der Waals surface area contributed by atoms with Crippen molar-refractivity contribution in [2.45, 2.75) is 25.8 Å². The Hall–Kier alpha value is -1.64. The lowest BCUT2D eigenvalue weighted by Gasteiger charge is -2.11. The van der Waals surface area contributed by atoms with E-state index in [1.54, 1.807) is 12.1 Å². The second kappa shape index (κ2) is 3.74. The molecule has 0 amide bonds. The first-order valence-electron chi connectivity index (χ1n) is 5.65. The zero-order valence-corrected chi connectivity index (χ0v) is 8.99. The lowest BCUT2D eigenvalue weighted by atomic mass is 10.1. The largest absolute Gasteiger partial charge is 0.334 e. The van der Waals surface area contributed by atoms with Crippen molar-refractivity contribution in [2.75, 3.05) is 0 Å². The highest BCUT2D eigenvalue weighted by Crippen LogP contribution is 2.24. The molecule has 1 aromatic carbocycles. The topological polar surface area (TPSA) is 17.8 Å². The lowest BCUT2D eigenvalue weighted by Crippen LogP contribution is -2.08. The zero-order valence-electron chi connectivity index (χ0n) is 8.99. The maximum atomic E-state index is 13.6. The summed E-state index contributed by atoms with van der Waals surface area (Å²) in [7, 11) is 0. The Bertz CT molecular complexity index is 493. The number of fused-ring (bicyclic) bond motifs is 1. The van der Waals surface area contributed by atoms with Crippen molar-refractivity contribution < 1.29 is 4.39 Å². The van der Waals surface area contributed by atoms with E-state index in [9.17, 15) is 4.39 Å². The molecule has 1 aromatic heterocycles. The van der Waals surface area contributed by atoms with Crippen molar-refractivity contribution in [3.8, 4) is 11.3 Å². The predicted molar refractivity (Wildman–Crippen MR) is 60.6 cm³/mol. The van der Waals surface area contributed by atoms with Crippen molar-refractivity contribution in [3.05, 3.63) is 42.1 Å². The molecule has 0 fully saturated rings. The average molecular weight is 216 g/mol. The van der Waals surface area contributed by atoms with Gasteiger partial charge in [0, 0.05) is 24.7 Å². The number of aryl methyl sites for hydroxylation is 2. The fourth-order valence-corrected chi connectivity index (χ4v) is 2.21. The fraction of sp³-hybridized carbons (Fsp3) is 0.308. The van der Waals surface area contributed by atoms with Gasteiger partial charge in [-0.05, 0) is 25.0 Å². The highest BCUT2D eigenvalue weighted by atomic mass is 19.1. The first-order chi connectivity index (χ1) is 7.84. The molecule has 3 rings (SSSR count). The molecule has 16 heavy (non-hydrogen) atoms. The van der Waals surface area contributed by atoms with Crippen LogP contribution in [0.1, 0.15) is 18.7 Å². The number of nitrogens with zero attached hydrogens (tertiary/aromatic N) is 2. The zero-order chi connectivity index (χ0) is 11.0. The summed E-state index contributed by atoms with van der Waals surface area (Å²) in [6, 6.07) is 6.81. The van der Waals surface area contributed by atoms with Crippen LogP contribution in [0.2, 0.25) is 0 Å². The average Bonchev–Trinajstić information content (AvgIpc) is 2.73. The van der Waals surface area contributed by atoms with Crippen molar-refractivity contribution in [3.63, 3.8) is 0 Å². The molecule has 1 aliphatic heterocycles. The van der Waals surface area contributed by atoms with Gasteiger partial charge in [-0.1, -0.05) is 12.1 Å². The maximum absolute atomic E-state index is 13.6. The minimum atomic E-state index is -0.196. The van der Waals surface area contributed by atoms with E-state index in [-0.39, 0.29) is 5.82 Å². The highest BCUT2D eigenvalue weighted by Gasteiger charge is 2.14. The number of benzene rings is 1. The Balaban J connectivity index is 2.07. The molecule has 2 aromatic rings. The van der Waals surface area contributed by atoms with Crippen molar-refractivity contribution in [1.29, 1.82) is 0 Å². The standard InChI is InChI=1S/C13H13FN2/c14-11-6-2-1-5-10(11)12-9-16-8-4-3-7-13(16)15-12/h1-2,5-6,9H,3-4,7-8H2. The third-order valence-electron chi connectivity index (χ3n) is 3.06. The van der Waals surface area contributed by atoms with Crippen LogP contribution in [-0.2, 0) is 13.0 Å². The number of hydrogen-bond donors (Lipinski definition) is 0. The summed E-state index contributed by atoms with van der Waals surface area (Å²) >= 11 is 0. The van der Waals surface area contributed by atoms with Gasteiger partial charge in [-0.2, -0.15) is 0 Å². The maximum Gasteiger partial charge on any atom is 0.132 e. The van der Waals surface area contributed by atoms with E-state index in [2.05, 4.69) is 9.55 Å². The van der Waals surface area contributed by atoms with Crippen LogP contribution in [0.25, 0.3) is 11.3 Å². The highest BCUT2D eigenvalue weighted by molar-refractivity contribution is 5.59. The van der Waals surface area contributed by atoms with Gasteiger partial charge in [0.05, 0.1) is 5.69 Å². The number of hydrogen-bond acceptors (Lipinski definition) is 1. The van der Waals surface area contributed by atoms with Gasteiger partial charge in [0.1, 0.15) is 11.6 Å². The fourth-order valence-electron chi connectivity index (χ4n) is 2.21. The van der Waals surface area contributed by atoms with E-state index in [1.807, 2.05) is 12.3 Å². The Kier molecular flexibility index (Phi) is 2.24. The molecule has 0 saturated carbocycles. The number of rotatable bonds is 1. The SMILES string of the molecule is Fc1ccccc1-c1cn2c(n1)CCCC2. The molecule has 0 radical (unpaired) electrons. The minimum absolute atomic E-state index is 0.196. The summed E-state index contributed by atoms with van der Waals surface area (Å²) in [5.41, 5.74) is 1.36. The van der Waals surface area contributed by atoms with Gasteiger partial charge in [-0.15, -0.1) is 0 Å². The van der Waals surface area contributed by atoms with Gasteiger partial charge in [-0.25, -0.2) is 9.37 Å². The predicted octanol–water partition coefficient (Wildman–Crippen LogP) is 3.03. The Morgan fingerprint density at radius 1 is 1.19 bits per heavy atom. The quantitative estimate of drug-likeness (QED) is 0.716. The first-order valence-corrected chi connectivity index (χ1v) is 5.65. The molecule has 0 aliphatic carbocycles. The molecule has 1 aliphatic rings. The van der Waals surface area contributed by atoms with Crippen LogP contribution in [0.3, 0.4) is 0 Å². The van der Waals surface area contributed by atoms with Crippen LogP contribution < -0.4 is 0 Å². The van der Waals surface area contributed by atoms with Gasteiger partial charge in [0.2, 0.25) is 0 Å². The van der Waals surface area contributed by atoms with E-state index in [0.717, 1.165) is 24.5 Å². The van der Waals surface area contributed by atoms with Crippen LogP contribution in [0.5, 0.6) is 0 Å². The molecule has 0 N–H and O–H groups in total. The Morgan fingerprint density at radius 3 is 2.88 bits per heavy atom. The summed E-state index contributed by atoms with van der Waals surface area (Å²) < 4.78 is 15.7. The summed E-state index contributed by atoms with van der Waals surface area (Å²) in [5.74, 6) is 0.891. The van der Waals surface area contributed by atoms with Crippen LogP contribution in [0.4, 0.5) is 4.39 Å². The second-order valence-corrected chi connectivity index (χ2v) is 4.17. The third kappa shape index (κ3) is 1.52. The molecular formula is C13H13FN2. The molecule has 0 atom stereocenters. The number of aromatic nitrogens is 2. The monoisotopic (exact) mass is 216 g/mol. The molecule has 2 heterocycles. The number of imidazole rings is 1. The summed E-state index contributed by atoms with van der Waals surface area (Å²) in [4.78, 5) is 4.50. The molecule has 0 saturated heterocycles. The molecule has 82 valence electrons. The molecular weight excluding hydrogens is 203 g/mol. The first kappa shape index (κ1) is 9.58. The smallest absolute Gasteiger partial charge is 0.132 e. The van der Waals surface area contributed by atoms with Gasteiger partial charge >= 0.3 is 0 Å². The lowest BCUT2D eigenvalue weighted by molar-refractivity contribution is 0.522. The van der Waals surface area contributed by atoms with Crippen molar-refractivity contribution >= 4 is 0 Å². The van der Waals surface area contributed by atoms with Gasteiger partial charge in [0.25, 0.3) is 0 Å². The molecule has 0 bridgehead atoms. The van der Waals surface area contributed by atoms with E-state index in [4.69, 9.17) is 0 Å².